The molecule has 0 saturated carbocycles. The highest BCUT2D eigenvalue weighted by Crippen LogP contribution is 2.30. The average molecular weight is 449 g/mol. The predicted octanol–water partition coefficient (Wildman–Crippen LogP) is 5.84. The van der Waals surface area contributed by atoms with E-state index in [1.807, 2.05) is 32.0 Å². The third kappa shape index (κ3) is 5.15. The number of hydrogen-bond donors (Lipinski definition) is 1. The average Bonchev–Trinajstić information content (AvgIpc) is 3.05. The largest absolute Gasteiger partial charge is 0.451 e. The van der Waals surface area contributed by atoms with Gasteiger partial charge in [0.1, 0.15) is 9.88 Å². The number of carbonyl (C=O) groups is 2. The molecule has 0 aliphatic heterocycles. The first-order chi connectivity index (χ1) is 13.7. The van der Waals surface area contributed by atoms with Gasteiger partial charge < -0.3 is 10.1 Å². The van der Waals surface area contributed by atoms with E-state index in [1.165, 1.54) is 11.3 Å². The second kappa shape index (κ2) is 8.95. The molecule has 0 fully saturated rings. The van der Waals surface area contributed by atoms with E-state index >= 15 is 0 Å². The van der Waals surface area contributed by atoms with E-state index < -0.39 is 18.5 Å². The minimum absolute atomic E-state index is 0.354. The number of rotatable bonds is 5. The molecular formula is C21H18Cl2N2O3S. The second-order valence-electron chi connectivity index (χ2n) is 6.50. The number of nitrogens with one attached hydrogen (secondary N) is 1. The highest BCUT2D eigenvalue weighted by atomic mass is 35.5. The Hall–Kier alpha value is -2.41. The first kappa shape index (κ1) is 21.3. The number of aromatic nitrogens is 1. The summed E-state index contributed by atoms with van der Waals surface area (Å²) in [4.78, 5) is 29.4. The van der Waals surface area contributed by atoms with Gasteiger partial charge in [-0.15, -0.1) is 11.3 Å². The number of benzene rings is 2. The van der Waals surface area contributed by atoms with Crippen LogP contribution in [-0.2, 0) is 9.53 Å². The second-order valence-corrected chi connectivity index (χ2v) is 8.35. The van der Waals surface area contributed by atoms with Gasteiger partial charge >= 0.3 is 5.97 Å². The van der Waals surface area contributed by atoms with Gasteiger partial charge in [-0.1, -0.05) is 41.4 Å². The Balaban J connectivity index is 1.65. The summed E-state index contributed by atoms with van der Waals surface area (Å²) in [5.74, 6) is -1.06. The molecule has 3 rings (SSSR count). The molecule has 5 nitrogen and oxygen atoms in total. The number of ether oxygens (including phenoxy) is 1. The molecule has 1 aromatic heterocycles. The van der Waals surface area contributed by atoms with E-state index in [-0.39, 0.29) is 0 Å². The van der Waals surface area contributed by atoms with Crippen molar-refractivity contribution in [2.45, 2.75) is 20.8 Å². The lowest BCUT2D eigenvalue weighted by Crippen LogP contribution is -2.21. The molecule has 29 heavy (non-hydrogen) atoms. The van der Waals surface area contributed by atoms with Crippen molar-refractivity contribution in [2.75, 3.05) is 11.9 Å². The molecule has 0 atom stereocenters. The standard InChI is InChI=1S/C21H18Cl2N2O3S/c1-11-8-12(2)18(16(23)9-11)25-17(26)10-28-21(27)19-13(3)24-20(29-19)14-4-6-15(22)7-5-14/h4-9H,10H2,1-3H3,(H,25,26). The maximum absolute atomic E-state index is 12.4. The lowest BCUT2D eigenvalue weighted by molar-refractivity contribution is -0.119. The zero-order chi connectivity index (χ0) is 21.1. The molecule has 1 amide bonds. The SMILES string of the molecule is Cc1cc(C)c(NC(=O)COC(=O)c2sc(-c3ccc(Cl)cc3)nc2C)c(Cl)c1. The summed E-state index contributed by atoms with van der Waals surface area (Å²) in [5, 5.41) is 4.43. The molecule has 150 valence electrons. The lowest BCUT2D eigenvalue weighted by atomic mass is 10.1. The van der Waals surface area contributed by atoms with Crippen molar-refractivity contribution in [3.05, 3.63) is 68.1 Å². The Morgan fingerprint density at radius 2 is 1.79 bits per heavy atom. The first-order valence-corrected chi connectivity index (χ1v) is 10.3. The van der Waals surface area contributed by atoms with E-state index in [0.717, 1.165) is 16.7 Å². The Bertz CT molecular complexity index is 1060. The number of aryl methyl sites for hydroxylation is 3. The maximum Gasteiger partial charge on any atom is 0.350 e. The Kier molecular flexibility index (Phi) is 6.57. The summed E-state index contributed by atoms with van der Waals surface area (Å²) in [6.07, 6.45) is 0. The minimum Gasteiger partial charge on any atom is -0.451 e. The van der Waals surface area contributed by atoms with Crippen LogP contribution in [0, 0.1) is 20.8 Å². The molecule has 0 spiro atoms. The number of anilines is 1. The fourth-order valence-corrected chi connectivity index (χ4v) is 4.21. The van der Waals surface area contributed by atoms with Gasteiger partial charge in [-0.3, -0.25) is 4.79 Å². The van der Waals surface area contributed by atoms with Crippen molar-refractivity contribution < 1.29 is 14.3 Å². The molecule has 3 aromatic rings. The van der Waals surface area contributed by atoms with Gasteiger partial charge in [0.05, 0.1) is 16.4 Å². The van der Waals surface area contributed by atoms with E-state index in [2.05, 4.69) is 10.3 Å². The van der Waals surface area contributed by atoms with Crippen molar-refractivity contribution in [1.29, 1.82) is 0 Å². The Morgan fingerprint density at radius 1 is 1.10 bits per heavy atom. The van der Waals surface area contributed by atoms with Crippen molar-refractivity contribution in [1.82, 2.24) is 4.98 Å². The van der Waals surface area contributed by atoms with Crippen molar-refractivity contribution >= 4 is 52.1 Å². The number of thiazole rings is 1. The van der Waals surface area contributed by atoms with E-state index in [4.69, 9.17) is 27.9 Å². The number of carbonyl (C=O) groups excluding carboxylic acids is 2. The van der Waals surface area contributed by atoms with Crippen LogP contribution in [0.3, 0.4) is 0 Å². The van der Waals surface area contributed by atoms with Gasteiger partial charge in [0.2, 0.25) is 0 Å². The molecule has 0 aliphatic rings. The molecular weight excluding hydrogens is 431 g/mol. The van der Waals surface area contributed by atoms with Gasteiger partial charge in [-0.2, -0.15) is 0 Å². The minimum atomic E-state index is -0.595. The van der Waals surface area contributed by atoms with Crippen LogP contribution in [0.5, 0.6) is 0 Å². The van der Waals surface area contributed by atoms with E-state index in [0.29, 0.717) is 31.3 Å². The van der Waals surface area contributed by atoms with Crippen LogP contribution < -0.4 is 5.32 Å². The van der Waals surface area contributed by atoms with E-state index in [9.17, 15) is 9.59 Å². The molecule has 1 heterocycles. The van der Waals surface area contributed by atoms with Crippen LogP contribution >= 0.6 is 34.5 Å². The number of esters is 1. The summed E-state index contributed by atoms with van der Waals surface area (Å²) < 4.78 is 5.17. The van der Waals surface area contributed by atoms with Crippen LogP contribution in [0.15, 0.2) is 36.4 Å². The maximum atomic E-state index is 12.4. The van der Waals surface area contributed by atoms with Crippen molar-refractivity contribution in [3.8, 4) is 10.6 Å². The normalized spacial score (nSPS) is 10.7. The summed E-state index contributed by atoms with van der Waals surface area (Å²) >= 11 is 13.3. The highest BCUT2D eigenvalue weighted by molar-refractivity contribution is 7.17. The van der Waals surface area contributed by atoms with Gasteiger partial charge in [0.25, 0.3) is 5.91 Å². The molecule has 0 unspecified atom stereocenters. The van der Waals surface area contributed by atoms with Gasteiger partial charge in [0.15, 0.2) is 6.61 Å². The van der Waals surface area contributed by atoms with Crippen molar-refractivity contribution in [3.63, 3.8) is 0 Å². The zero-order valence-electron chi connectivity index (χ0n) is 16.0. The van der Waals surface area contributed by atoms with Crippen LogP contribution in [0.2, 0.25) is 10.0 Å². The molecule has 8 heteroatoms. The summed E-state index contributed by atoms with van der Waals surface area (Å²) in [6, 6.07) is 10.8. The number of nitrogens with zero attached hydrogens (tertiary/aromatic N) is 1. The molecule has 0 aliphatic carbocycles. The third-order valence-corrected chi connectivity index (χ3v) is 5.84. The summed E-state index contributed by atoms with van der Waals surface area (Å²) in [6.45, 7) is 5.07. The monoisotopic (exact) mass is 448 g/mol. The van der Waals surface area contributed by atoms with Gasteiger partial charge in [-0.25, -0.2) is 9.78 Å². The fourth-order valence-electron chi connectivity index (χ4n) is 2.75. The van der Waals surface area contributed by atoms with Crippen molar-refractivity contribution in [2.24, 2.45) is 0 Å². The van der Waals surface area contributed by atoms with Gasteiger partial charge in [0, 0.05) is 10.6 Å². The van der Waals surface area contributed by atoms with Crippen LogP contribution in [-0.4, -0.2) is 23.5 Å². The highest BCUT2D eigenvalue weighted by Gasteiger charge is 2.19. The Morgan fingerprint density at radius 3 is 2.45 bits per heavy atom. The quantitative estimate of drug-likeness (QED) is 0.497. The molecule has 2 aromatic carbocycles. The van der Waals surface area contributed by atoms with Crippen LogP contribution in [0.25, 0.3) is 10.6 Å². The number of hydrogen-bond acceptors (Lipinski definition) is 5. The smallest absolute Gasteiger partial charge is 0.350 e. The first-order valence-electron chi connectivity index (χ1n) is 8.71. The van der Waals surface area contributed by atoms with Gasteiger partial charge in [-0.05, 0) is 50.1 Å². The summed E-state index contributed by atoms with van der Waals surface area (Å²) in [5.41, 5.74) is 3.73. The topological polar surface area (TPSA) is 68.3 Å². The number of amides is 1. The van der Waals surface area contributed by atoms with E-state index in [1.54, 1.807) is 25.1 Å². The lowest BCUT2D eigenvalue weighted by Gasteiger charge is -2.11. The fraction of sp³-hybridized carbons (Fsp3) is 0.190. The zero-order valence-corrected chi connectivity index (χ0v) is 18.3. The number of halogens is 2. The molecule has 1 N–H and O–H groups in total. The molecule has 0 bridgehead atoms. The summed E-state index contributed by atoms with van der Waals surface area (Å²) in [7, 11) is 0. The molecule has 0 radical (unpaired) electrons. The Labute approximate surface area is 182 Å². The third-order valence-electron chi connectivity index (χ3n) is 4.10. The predicted molar refractivity (Wildman–Crippen MR) is 117 cm³/mol. The molecule has 0 saturated heterocycles. The van der Waals surface area contributed by atoms with Crippen LogP contribution in [0.1, 0.15) is 26.5 Å². The van der Waals surface area contributed by atoms with Crippen LogP contribution in [0.4, 0.5) is 5.69 Å².